The highest BCUT2D eigenvalue weighted by Crippen LogP contribution is 2.37. The smallest absolute Gasteiger partial charge is 0.0777 e. The molecular formula is C10H18O3. The van der Waals surface area contributed by atoms with E-state index >= 15 is 0 Å². The van der Waals surface area contributed by atoms with Gasteiger partial charge in [0.1, 0.15) is 0 Å². The molecule has 0 spiro atoms. The van der Waals surface area contributed by atoms with Gasteiger partial charge in [0.15, 0.2) is 0 Å². The Morgan fingerprint density at radius 1 is 1.62 bits per heavy atom. The van der Waals surface area contributed by atoms with E-state index < -0.39 is 11.7 Å². The average molecular weight is 186 g/mol. The minimum atomic E-state index is -0.751. The first-order valence-electron chi connectivity index (χ1n) is 4.76. The molecule has 0 aromatic heterocycles. The van der Waals surface area contributed by atoms with Crippen LogP contribution in [0.3, 0.4) is 0 Å². The van der Waals surface area contributed by atoms with Crippen LogP contribution in [0.2, 0.25) is 0 Å². The number of aliphatic hydroxyl groups excluding tert-OH is 2. The van der Waals surface area contributed by atoms with Crippen LogP contribution in [-0.4, -0.2) is 33.6 Å². The quantitative estimate of drug-likeness (QED) is 0.561. The lowest BCUT2D eigenvalue weighted by atomic mass is 9.88. The lowest BCUT2D eigenvalue weighted by Gasteiger charge is -2.28. The molecule has 1 aliphatic carbocycles. The van der Waals surface area contributed by atoms with Gasteiger partial charge >= 0.3 is 0 Å². The first-order chi connectivity index (χ1) is 6.08. The maximum atomic E-state index is 9.87. The van der Waals surface area contributed by atoms with E-state index in [0.717, 1.165) is 19.3 Å². The molecule has 0 aromatic rings. The third-order valence-electron chi connectivity index (χ3n) is 2.85. The van der Waals surface area contributed by atoms with Crippen molar-refractivity contribution < 1.29 is 15.3 Å². The lowest BCUT2D eigenvalue weighted by molar-refractivity contribution is -0.0231. The summed E-state index contributed by atoms with van der Waals surface area (Å²) in [6, 6.07) is 0. The molecule has 0 radical (unpaired) electrons. The molecule has 76 valence electrons. The van der Waals surface area contributed by atoms with Crippen LogP contribution in [0.4, 0.5) is 0 Å². The molecule has 1 unspecified atom stereocenters. The largest absolute Gasteiger partial charge is 0.392 e. The van der Waals surface area contributed by atoms with Gasteiger partial charge in [0.05, 0.1) is 18.3 Å². The zero-order valence-electron chi connectivity index (χ0n) is 7.98. The van der Waals surface area contributed by atoms with Crippen LogP contribution in [0.15, 0.2) is 12.2 Å². The molecule has 0 aliphatic heterocycles. The van der Waals surface area contributed by atoms with Crippen LogP contribution in [0, 0.1) is 5.92 Å². The molecule has 3 atom stereocenters. The Hall–Kier alpha value is -0.380. The van der Waals surface area contributed by atoms with Gasteiger partial charge in [0, 0.05) is 5.92 Å². The first kappa shape index (κ1) is 10.7. The molecule has 0 bridgehead atoms. The van der Waals surface area contributed by atoms with E-state index in [0.29, 0.717) is 0 Å². The molecule has 0 heterocycles. The van der Waals surface area contributed by atoms with Crippen LogP contribution < -0.4 is 0 Å². The number of hydrogen-bond donors (Lipinski definition) is 3. The molecule has 1 rings (SSSR count). The fourth-order valence-electron chi connectivity index (χ4n) is 2.05. The van der Waals surface area contributed by atoms with E-state index in [2.05, 4.69) is 0 Å². The first-order valence-corrected chi connectivity index (χ1v) is 4.76. The van der Waals surface area contributed by atoms with Gasteiger partial charge in [-0.25, -0.2) is 0 Å². The monoisotopic (exact) mass is 186 g/mol. The summed E-state index contributed by atoms with van der Waals surface area (Å²) in [6.07, 6.45) is 5.00. The van der Waals surface area contributed by atoms with Gasteiger partial charge < -0.3 is 15.3 Å². The Kier molecular flexibility index (Phi) is 3.47. The van der Waals surface area contributed by atoms with Crippen molar-refractivity contribution in [3.05, 3.63) is 12.2 Å². The molecule has 1 fully saturated rings. The second-order valence-corrected chi connectivity index (χ2v) is 3.96. The zero-order valence-corrected chi connectivity index (χ0v) is 7.98. The fourth-order valence-corrected chi connectivity index (χ4v) is 2.05. The Balaban J connectivity index is 2.55. The molecule has 0 saturated heterocycles. The van der Waals surface area contributed by atoms with Crippen LogP contribution in [0.5, 0.6) is 0 Å². The van der Waals surface area contributed by atoms with Crippen molar-refractivity contribution in [3.8, 4) is 0 Å². The van der Waals surface area contributed by atoms with Crippen molar-refractivity contribution in [1.82, 2.24) is 0 Å². The van der Waals surface area contributed by atoms with Gasteiger partial charge in [-0.2, -0.15) is 0 Å². The normalized spacial score (nSPS) is 37.1. The summed E-state index contributed by atoms with van der Waals surface area (Å²) in [6.45, 7) is 1.70. The molecular weight excluding hydrogens is 168 g/mol. The minimum absolute atomic E-state index is 0.0636. The van der Waals surface area contributed by atoms with Gasteiger partial charge in [-0.1, -0.05) is 18.6 Å². The summed E-state index contributed by atoms with van der Waals surface area (Å²) < 4.78 is 0. The Morgan fingerprint density at radius 3 is 2.77 bits per heavy atom. The van der Waals surface area contributed by atoms with Crippen molar-refractivity contribution in [2.24, 2.45) is 5.92 Å². The molecule has 13 heavy (non-hydrogen) atoms. The summed E-state index contributed by atoms with van der Waals surface area (Å²) in [5, 5.41) is 28.1. The second-order valence-electron chi connectivity index (χ2n) is 3.96. The van der Waals surface area contributed by atoms with Crippen molar-refractivity contribution in [1.29, 1.82) is 0 Å². The average Bonchev–Trinajstić information content (AvgIpc) is 2.41. The van der Waals surface area contributed by atoms with Crippen LogP contribution in [0.25, 0.3) is 0 Å². The van der Waals surface area contributed by atoms with Crippen LogP contribution >= 0.6 is 0 Å². The molecule has 3 nitrogen and oxygen atoms in total. The van der Waals surface area contributed by atoms with Crippen molar-refractivity contribution >= 4 is 0 Å². The number of rotatable bonds is 3. The summed E-state index contributed by atoms with van der Waals surface area (Å²) in [5.41, 5.74) is -0.751. The van der Waals surface area contributed by atoms with Crippen LogP contribution in [0.1, 0.15) is 26.2 Å². The van der Waals surface area contributed by atoms with Gasteiger partial charge in [0.2, 0.25) is 0 Å². The van der Waals surface area contributed by atoms with Crippen molar-refractivity contribution in [2.45, 2.75) is 37.9 Å². The molecule has 0 aromatic carbocycles. The molecule has 3 heteroatoms. The van der Waals surface area contributed by atoms with Gasteiger partial charge in [0.25, 0.3) is 0 Å². The third kappa shape index (κ3) is 2.53. The molecule has 0 amide bonds. The maximum absolute atomic E-state index is 9.87. The van der Waals surface area contributed by atoms with Gasteiger partial charge in [-0.3, -0.25) is 0 Å². The van der Waals surface area contributed by atoms with E-state index in [1.807, 2.05) is 0 Å². The van der Waals surface area contributed by atoms with Crippen molar-refractivity contribution in [3.63, 3.8) is 0 Å². The molecule has 3 N–H and O–H groups in total. The fraction of sp³-hybridized carbons (Fsp3) is 0.800. The van der Waals surface area contributed by atoms with Crippen molar-refractivity contribution in [2.75, 3.05) is 6.61 Å². The Labute approximate surface area is 78.7 Å². The SMILES string of the molecule is C[C@]1(O)CCC[C@H]1C(O)/C=C\CO. The van der Waals surface area contributed by atoms with E-state index in [1.165, 1.54) is 6.08 Å². The molecule has 1 saturated carbocycles. The summed E-state index contributed by atoms with van der Waals surface area (Å²) in [5.74, 6) is -0.0877. The summed E-state index contributed by atoms with van der Waals surface area (Å²) in [7, 11) is 0. The van der Waals surface area contributed by atoms with E-state index in [1.54, 1.807) is 13.0 Å². The minimum Gasteiger partial charge on any atom is -0.392 e. The zero-order chi connectivity index (χ0) is 9.90. The standard InChI is InChI=1S/C10H18O3/c1-10(13)6-2-4-8(10)9(12)5-3-7-11/h3,5,8-9,11-13H,2,4,6-7H2,1H3/b5-3-/t8-,9?,10-/m0/s1. The highest BCUT2D eigenvalue weighted by Gasteiger charge is 2.39. The Bertz CT molecular complexity index is 187. The maximum Gasteiger partial charge on any atom is 0.0777 e. The van der Waals surface area contributed by atoms with E-state index in [4.69, 9.17) is 5.11 Å². The van der Waals surface area contributed by atoms with E-state index in [9.17, 15) is 10.2 Å². The lowest BCUT2D eigenvalue weighted by Crippen LogP contribution is -2.36. The molecule has 1 aliphatic rings. The number of aliphatic hydroxyl groups is 3. The van der Waals surface area contributed by atoms with Gasteiger partial charge in [-0.15, -0.1) is 0 Å². The third-order valence-corrected chi connectivity index (χ3v) is 2.85. The van der Waals surface area contributed by atoms with E-state index in [-0.39, 0.29) is 12.5 Å². The predicted octanol–water partition coefficient (Wildman–Crippen LogP) is 0.447. The predicted molar refractivity (Wildman–Crippen MR) is 50.2 cm³/mol. The highest BCUT2D eigenvalue weighted by molar-refractivity contribution is 5.00. The van der Waals surface area contributed by atoms with Gasteiger partial charge in [-0.05, 0) is 19.8 Å². The highest BCUT2D eigenvalue weighted by atomic mass is 16.3. The topological polar surface area (TPSA) is 60.7 Å². The second kappa shape index (κ2) is 4.22. The summed E-state index contributed by atoms with van der Waals surface area (Å²) >= 11 is 0. The Morgan fingerprint density at radius 2 is 2.31 bits per heavy atom. The summed E-state index contributed by atoms with van der Waals surface area (Å²) in [4.78, 5) is 0. The number of hydrogen-bond acceptors (Lipinski definition) is 3. The van der Waals surface area contributed by atoms with Crippen LogP contribution in [-0.2, 0) is 0 Å².